The number of hydrogen-bond acceptors (Lipinski definition) is 2. The molecular weight excluding hydrogens is 339 g/mol. The summed E-state index contributed by atoms with van der Waals surface area (Å²) in [5.41, 5.74) is 2.81. The number of rotatable bonds is 5. The average Bonchev–Trinajstić information content (AvgIpc) is 2.56. The van der Waals surface area contributed by atoms with Gasteiger partial charge in [0, 0.05) is 0 Å². The van der Waals surface area contributed by atoms with E-state index in [1.165, 1.54) is 0 Å². The second-order valence-corrected chi connectivity index (χ2v) is 6.04. The predicted octanol–water partition coefficient (Wildman–Crippen LogP) is 3.22. The van der Waals surface area contributed by atoms with Gasteiger partial charge >= 0.3 is 137 Å². The SMILES string of the molecule is CC(=O)N(Cc1ccccc1)/C(=C/[Se]C#N)c1ccccc1. The Balaban J connectivity index is 2.37. The van der Waals surface area contributed by atoms with Crippen molar-refractivity contribution in [2.75, 3.05) is 0 Å². The van der Waals surface area contributed by atoms with E-state index in [9.17, 15) is 4.79 Å². The molecule has 0 heterocycles. The molecule has 0 radical (unpaired) electrons. The van der Waals surface area contributed by atoms with E-state index in [2.05, 4.69) is 4.97 Å². The average molecular weight is 355 g/mol. The molecule has 110 valence electrons. The second kappa shape index (κ2) is 8.19. The van der Waals surface area contributed by atoms with Gasteiger partial charge in [-0.3, -0.25) is 0 Å². The van der Waals surface area contributed by atoms with Crippen LogP contribution >= 0.6 is 0 Å². The summed E-state index contributed by atoms with van der Waals surface area (Å²) in [6, 6.07) is 19.6. The first kappa shape index (κ1) is 16.0. The number of carbonyl (C=O) groups excluding carboxylic acids is 1. The normalized spacial score (nSPS) is 10.8. The Kier molecular flexibility index (Phi) is 5.97. The van der Waals surface area contributed by atoms with Gasteiger partial charge in [-0.25, -0.2) is 0 Å². The molecule has 0 N–H and O–H groups in total. The number of nitrogens with zero attached hydrogens (tertiary/aromatic N) is 2. The molecular formula is C18H16N2OSe. The van der Waals surface area contributed by atoms with Gasteiger partial charge in [0.1, 0.15) is 0 Å². The van der Waals surface area contributed by atoms with Gasteiger partial charge in [0.05, 0.1) is 0 Å². The van der Waals surface area contributed by atoms with Crippen molar-refractivity contribution in [3.63, 3.8) is 0 Å². The van der Waals surface area contributed by atoms with Crippen molar-refractivity contribution in [2.24, 2.45) is 0 Å². The third-order valence-electron chi connectivity index (χ3n) is 3.15. The fraction of sp³-hybridized carbons (Fsp3) is 0.111. The molecule has 22 heavy (non-hydrogen) atoms. The molecule has 0 aliphatic heterocycles. The van der Waals surface area contributed by atoms with Crippen molar-refractivity contribution in [1.82, 2.24) is 4.90 Å². The third kappa shape index (κ3) is 4.33. The van der Waals surface area contributed by atoms with Crippen LogP contribution in [0.15, 0.2) is 65.6 Å². The molecule has 0 unspecified atom stereocenters. The zero-order chi connectivity index (χ0) is 15.8. The summed E-state index contributed by atoms with van der Waals surface area (Å²) in [4.78, 5) is 17.9. The maximum atomic E-state index is 12.1. The summed E-state index contributed by atoms with van der Waals surface area (Å²) < 4.78 is 0. The molecule has 0 fully saturated rings. The Morgan fingerprint density at radius 1 is 1.14 bits per heavy atom. The van der Waals surface area contributed by atoms with E-state index >= 15 is 0 Å². The summed E-state index contributed by atoms with van der Waals surface area (Å²) in [6.45, 7) is 2.05. The first-order valence-electron chi connectivity index (χ1n) is 6.84. The Morgan fingerprint density at radius 2 is 1.73 bits per heavy atom. The van der Waals surface area contributed by atoms with Crippen LogP contribution in [0.4, 0.5) is 0 Å². The van der Waals surface area contributed by atoms with E-state index in [4.69, 9.17) is 5.26 Å². The Hall–Kier alpha value is -2.34. The van der Waals surface area contributed by atoms with Gasteiger partial charge in [-0.05, 0) is 0 Å². The number of benzene rings is 2. The van der Waals surface area contributed by atoms with Crippen LogP contribution in [0.5, 0.6) is 0 Å². The predicted molar refractivity (Wildman–Crippen MR) is 88.5 cm³/mol. The molecule has 4 heteroatoms. The fourth-order valence-electron chi connectivity index (χ4n) is 2.11. The molecule has 2 aromatic carbocycles. The van der Waals surface area contributed by atoms with E-state index in [-0.39, 0.29) is 20.9 Å². The van der Waals surface area contributed by atoms with E-state index < -0.39 is 0 Å². The monoisotopic (exact) mass is 356 g/mol. The molecule has 2 aromatic rings. The Labute approximate surface area is 137 Å². The maximum absolute atomic E-state index is 12.1. The number of nitriles is 1. The standard InChI is InChI=1S/C18H16N2OSe/c1-15(21)20(12-16-8-4-2-5-9-16)18(13-22-14-19)17-10-6-3-7-11-17/h2-11,13H,12H2,1H3/b18-13+. The summed E-state index contributed by atoms with van der Waals surface area (Å²) in [5, 5.41) is 8.90. The topological polar surface area (TPSA) is 44.1 Å². The molecule has 3 nitrogen and oxygen atoms in total. The van der Waals surface area contributed by atoms with Crippen molar-refractivity contribution in [2.45, 2.75) is 13.5 Å². The molecule has 0 aliphatic rings. The van der Waals surface area contributed by atoms with Crippen molar-refractivity contribution < 1.29 is 4.79 Å². The van der Waals surface area contributed by atoms with Crippen LogP contribution in [0.2, 0.25) is 0 Å². The minimum atomic E-state index is -0.296. The summed E-state index contributed by atoms with van der Waals surface area (Å²) >= 11 is -0.296. The Bertz CT molecular complexity index is 690. The Morgan fingerprint density at radius 3 is 2.27 bits per heavy atom. The first-order valence-corrected chi connectivity index (χ1v) is 8.69. The van der Waals surface area contributed by atoms with Gasteiger partial charge in [-0.1, -0.05) is 0 Å². The number of hydrogen-bond donors (Lipinski definition) is 0. The molecule has 1 amide bonds. The molecule has 0 saturated carbocycles. The molecule has 0 aromatic heterocycles. The third-order valence-corrected chi connectivity index (χ3v) is 4.08. The molecule has 0 atom stereocenters. The second-order valence-electron chi connectivity index (χ2n) is 4.67. The quantitative estimate of drug-likeness (QED) is 0.773. The zero-order valence-corrected chi connectivity index (χ0v) is 14.0. The van der Waals surface area contributed by atoms with Gasteiger partial charge < -0.3 is 0 Å². The minimum absolute atomic E-state index is 0.0345. The van der Waals surface area contributed by atoms with Crippen LogP contribution in [0, 0.1) is 10.2 Å². The summed E-state index contributed by atoms with van der Waals surface area (Å²) in [6.07, 6.45) is 0. The van der Waals surface area contributed by atoms with Gasteiger partial charge in [0.2, 0.25) is 0 Å². The number of carbonyl (C=O) groups is 1. The van der Waals surface area contributed by atoms with E-state index in [0.29, 0.717) is 6.54 Å². The van der Waals surface area contributed by atoms with Crippen LogP contribution in [0.3, 0.4) is 0 Å². The van der Waals surface area contributed by atoms with Crippen LogP contribution in [-0.2, 0) is 11.3 Å². The molecule has 0 saturated heterocycles. The first-order chi connectivity index (χ1) is 10.7. The zero-order valence-electron chi connectivity index (χ0n) is 12.3. The number of amides is 1. The van der Waals surface area contributed by atoms with Crippen LogP contribution in [-0.4, -0.2) is 25.8 Å². The molecule has 0 aliphatic carbocycles. The molecule has 0 bridgehead atoms. The van der Waals surface area contributed by atoms with Crippen LogP contribution < -0.4 is 0 Å². The van der Waals surface area contributed by atoms with E-state index in [1.54, 1.807) is 11.8 Å². The molecule has 2 rings (SSSR count). The van der Waals surface area contributed by atoms with Gasteiger partial charge in [0.15, 0.2) is 0 Å². The van der Waals surface area contributed by atoms with Crippen LogP contribution in [0.1, 0.15) is 18.1 Å². The molecule has 0 spiro atoms. The van der Waals surface area contributed by atoms with Crippen molar-refractivity contribution >= 4 is 26.6 Å². The van der Waals surface area contributed by atoms with E-state index in [0.717, 1.165) is 16.8 Å². The van der Waals surface area contributed by atoms with E-state index in [1.807, 2.05) is 65.6 Å². The fourth-order valence-corrected chi connectivity index (χ4v) is 3.01. The van der Waals surface area contributed by atoms with Gasteiger partial charge in [-0.15, -0.1) is 0 Å². The van der Waals surface area contributed by atoms with Gasteiger partial charge in [0.25, 0.3) is 0 Å². The van der Waals surface area contributed by atoms with Crippen molar-refractivity contribution in [3.05, 3.63) is 76.8 Å². The van der Waals surface area contributed by atoms with Crippen LogP contribution in [0.25, 0.3) is 5.70 Å². The summed E-state index contributed by atoms with van der Waals surface area (Å²) in [7, 11) is 0. The van der Waals surface area contributed by atoms with Crippen molar-refractivity contribution in [1.29, 1.82) is 5.26 Å². The van der Waals surface area contributed by atoms with Crippen molar-refractivity contribution in [3.8, 4) is 4.97 Å². The van der Waals surface area contributed by atoms with Gasteiger partial charge in [-0.2, -0.15) is 0 Å². The summed E-state index contributed by atoms with van der Waals surface area (Å²) in [5.74, 6) is -0.0345.